The fraction of sp³-hybridized carbons (Fsp3) is 0.462. The van der Waals surface area contributed by atoms with Gasteiger partial charge in [0.15, 0.2) is 0 Å². The summed E-state index contributed by atoms with van der Waals surface area (Å²) in [5, 5.41) is 6.22. The zero-order valence-electron chi connectivity index (χ0n) is 9.61. The molecule has 1 saturated heterocycles. The van der Waals surface area contributed by atoms with Gasteiger partial charge in [-0.2, -0.15) is 0 Å². The van der Waals surface area contributed by atoms with Crippen LogP contribution in [0.25, 0.3) is 0 Å². The Hall–Kier alpha value is -1.55. The van der Waals surface area contributed by atoms with E-state index in [0.717, 1.165) is 30.8 Å². The topological polar surface area (TPSA) is 50.4 Å². The molecule has 4 heteroatoms. The first kappa shape index (κ1) is 10.6. The third kappa shape index (κ3) is 2.00. The average molecular weight is 232 g/mol. The molecule has 1 aromatic rings. The molecule has 2 aliphatic heterocycles. The molecule has 2 N–H and O–H groups in total. The quantitative estimate of drug-likeness (QED) is 0.786. The summed E-state index contributed by atoms with van der Waals surface area (Å²) in [7, 11) is 0. The van der Waals surface area contributed by atoms with Gasteiger partial charge in [0.2, 0.25) is 5.91 Å². The van der Waals surface area contributed by atoms with E-state index in [0.29, 0.717) is 12.6 Å². The van der Waals surface area contributed by atoms with Crippen LogP contribution in [0.1, 0.15) is 17.9 Å². The van der Waals surface area contributed by atoms with Gasteiger partial charge in [0.1, 0.15) is 5.75 Å². The average Bonchev–Trinajstić information content (AvgIpc) is 2.33. The Morgan fingerprint density at radius 3 is 2.94 bits per heavy atom. The molecule has 1 amide bonds. The molecule has 17 heavy (non-hydrogen) atoms. The predicted octanol–water partition coefficient (Wildman–Crippen LogP) is 0.641. The van der Waals surface area contributed by atoms with Crippen LogP contribution in [0.4, 0.5) is 0 Å². The Morgan fingerprint density at radius 2 is 2.18 bits per heavy atom. The number of fused-ring (bicyclic) bond motifs is 1. The maximum atomic E-state index is 12.2. The molecule has 0 aliphatic carbocycles. The largest absolute Gasteiger partial charge is 0.493 e. The minimum Gasteiger partial charge on any atom is -0.493 e. The highest BCUT2D eigenvalue weighted by Crippen LogP contribution is 2.33. The van der Waals surface area contributed by atoms with E-state index in [1.54, 1.807) is 0 Å². The number of para-hydroxylation sites is 1. The molecule has 4 nitrogen and oxygen atoms in total. The summed E-state index contributed by atoms with van der Waals surface area (Å²) in [5.74, 6) is 0.929. The van der Waals surface area contributed by atoms with E-state index in [4.69, 9.17) is 4.74 Å². The van der Waals surface area contributed by atoms with Gasteiger partial charge in [0.05, 0.1) is 18.6 Å². The van der Waals surface area contributed by atoms with Crippen molar-refractivity contribution in [3.05, 3.63) is 29.8 Å². The minimum atomic E-state index is -0.0550. The Labute approximate surface area is 100 Å². The van der Waals surface area contributed by atoms with E-state index in [9.17, 15) is 4.79 Å². The van der Waals surface area contributed by atoms with Crippen LogP contribution in [0.2, 0.25) is 0 Å². The molecule has 1 aromatic carbocycles. The normalized spacial score (nSPS) is 23.2. The van der Waals surface area contributed by atoms with Crippen LogP contribution in [-0.2, 0) is 4.79 Å². The maximum absolute atomic E-state index is 12.2. The van der Waals surface area contributed by atoms with Gasteiger partial charge in [0, 0.05) is 18.7 Å². The summed E-state index contributed by atoms with van der Waals surface area (Å²) < 4.78 is 5.56. The van der Waals surface area contributed by atoms with Gasteiger partial charge >= 0.3 is 0 Å². The standard InChI is InChI=1S/C13H16N2O2/c16-13(15-9-7-14-8-9)11-5-6-17-12-4-2-1-3-10(11)12/h1-4,9,11,14H,5-8H2,(H,15,16). The number of amides is 1. The van der Waals surface area contributed by atoms with Crippen LogP contribution in [0.15, 0.2) is 24.3 Å². The zero-order valence-corrected chi connectivity index (χ0v) is 9.61. The summed E-state index contributed by atoms with van der Waals surface area (Å²) in [5.41, 5.74) is 1.02. The number of rotatable bonds is 2. The maximum Gasteiger partial charge on any atom is 0.228 e. The third-order valence-electron chi connectivity index (χ3n) is 3.40. The van der Waals surface area contributed by atoms with Gasteiger partial charge in [0.25, 0.3) is 0 Å². The predicted molar refractivity (Wildman–Crippen MR) is 64.1 cm³/mol. The lowest BCUT2D eigenvalue weighted by Crippen LogP contribution is -2.57. The van der Waals surface area contributed by atoms with E-state index in [2.05, 4.69) is 10.6 Å². The van der Waals surface area contributed by atoms with Gasteiger partial charge in [-0.25, -0.2) is 0 Å². The summed E-state index contributed by atoms with van der Waals surface area (Å²) in [6.07, 6.45) is 0.767. The summed E-state index contributed by atoms with van der Waals surface area (Å²) in [6.45, 7) is 2.39. The van der Waals surface area contributed by atoms with Crippen LogP contribution in [0.3, 0.4) is 0 Å². The van der Waals surface area contributed by atoms with Crippen molar-refractivity contribution in [3.8, 4) is 5.75 Å². The van der Waals surface area contributed by atoms with Crippen LogP contribution in [0.5, 0.6) is 5.75 Å². The number of nitrogens with one attached hydrogen (secondary N) is 2. The molecule has 1 atom stereocenters. The van der Waals surface area contributed by atoms with E-state index >= 15 is 0 Å². The SMILES string of the molecule is O=C(NC1CNC1)C1CCOc2ccccc21. The van der Waals surface area contributed by atoms with Gasteiger partial charge in [-0.1, -0.05) is 18.2 Å². The Kier molecular flexibility index (Phi) is 2.73. The molecule has 1 fully saturated rings. The van der Waals surface area contributed by atoms with Crippen LogP contribution in [-0.4, -0.2) is 31.6 Å². The lowest BCUT2D eigenvalue weighted by Gasteiger charge is -2.31. The van der Waals surface area contributed by atoms with Gasteiger partial charge in [-0.15, -0.1) is 0 Å². The van der Waals surface area contributed by atoms with Crippen molar-refractivity contribution in [3.63, 3.8) is 0 Å². The first-order chi connectivity index (χ1) is 8.34. The molecular formula is C13H16N2O2. The highest BCUT2D eigenvalue weighted by molar-refractivity contribution is 5.85. The Morgan fingerprint density at radius 1 is 1.35 bits per heavy atom. The van der Waals surface area contributed by atoms with E-state index < -0.39 is 0 Å². The monoisotopic (exact) mass is 232 g/mol. The Balaban J connectivity index is 1.77. The van der Waals surface area contributed by atoms with Gasteiger partial charge in [-0.05, 0) is 12.5 Å². The fourth-order valence-corrected chi connectivity index (χ4v) is 2.31. The molecule has 0 bridgehead atoms. The number of hydrogen-bond donors (Lipinski definition) is 2. The zero-order chi connectivity index (χ0) is 11.7. The van der Waals surface area contributed by atoms with Crippen molar-refractivity contribution in [1.82, 2.24) is 10.6 Å². The molecule has 1 unspecified atom stereocenters. The number of carbonyl (C=O) groups is 1. The molecule has 2 heterocycles. The third-order valence-corrected chi connectivity index (χ3v) is 3.40. The molecular weight excluding hydrogens is 216 g/mol. The highest BCUT2D eigenvalue weighted by atomic mass is 16.5. The highest BCUT2D eigenvalue weighted by Gasteiger charge is 2.29. The van der Waals surface area contributed by atoms with E-state index in [-0.39, 0.29) is 11.8 Å². The first-order valence-corrected chi connectivity index (χ1v) is 6.07. The second-order valence-electron chi connectivity index (χ2n) is 4.59. The minimum absolute atomic E-state index is 0.0550. The molecule has 2 aliphatic rings. The van der Waals surface area contributed by atoms with Crippen LogP contribution < -0.4 is 15.4 Å². The van der Waals surface area contributed by atoms with E-state index in [1.165, 1.54) is 0 Å². The molecule has 0 saturated carbocycles. The molecule has 3 rings (SSSR count). The van der Waals surface area contributed by atoms with Crippen LogP contribution in [0, 0.1) is 0 Å². The van der Waals surface area contributed by atoms with Crippen molar-refractivity contribution in [1.29, 1.82) is 0 Å². The number of ether oxygens (including phenoxy) is 1. The van der Waals surface area contributed by atoms with E-state index in [1.807, 2.05) is 24.3 Å². The fourth-order valence-electron chi connectivity index (χ4n) is 2.31. The Bertz CT molecular complexity index is 429. The number of benzene rings is 1. The second kappa shape index (κ2) is 4.37. The summed E-state index contributed by atoms with van der Waals surface area (Å²) in [4.78, 5) is 12.2. The number of carbonyl (C=O) groups excluding carboxylic acids is 1. The van der Waals surface area contributed by atoms with Gasteiger partial charge < -0.3 is 15.4 Å². The van der Waals surface area contributed by atoms with Crippen molar-refractivity contribution in [2.45, 2.75) is 18.4 Å². The van der Waals surface area contributed by atoms with Crippen molar-refractivity contribution < 1.29 is 9.53 Å². The van der Waals surface area contributed by atoms with Gasteiger partial charge in [-0.3, -0.25) is 4.79 Å². The lowest BCUT2D eigenvalue weighted by molar-refractivity contribution is -0.124. The smallest absolute Gasteiger partial charge is 0.228 e. The molecule has 0 radical (unpaired) electrons. The van der Waals surface area contributed by atoms with Crippen molar-refractivity contribution in [2.24, 2.45) is 0 Å². The van der Waals surface area contributed by atoms with Crippen LogP contribution >= 0.6 is 0 Å². The lowest BCUT2D eigenvalue weighted by atomic mass is 9.92. The number of hydrogen-bond acceptors (Lipinski definition) is 3. The molecule has 90 valence electrons. The first-order valence-electron chi connectivity index (χ1n) is 6.07. The van der Waals surface area contributed by atoms with Crippen molar-refractivity contribution in [2.75, 3.05) is 19.7 Å². The summed E-state index contributed by atoms with van der Waals surface area (Å²) in [6, 6.07) is 8.11. The second-order valence-corrected chi connectivity index (χ2v) is 4.59. The van der Waals surface area contributed by atoms with Crippen molar-refractivity contribution >= 4 is 5.91 Å². The summed E-state index contributed by atoms with van der Waals surface area (Å²) >= 11 is 0. The molecule has 0 aromatic heterocycles. The molecule has 0 spiro atoms.